The summed E-state index contributed by atoms with van der Waals surface area (Å²) in [4.78, 5) is 14.0. The first kappa shape index (κ1) is 138. The molecule has 19 unspecified atom stereocenters. The van der Waals surface area contributed by atoms with E-state index in [4.69, 9.17) is 141 Å². The van der Waals surface area contributed by atoms with Crippen molar-refractivity contribution in [3.05, 3.63) is 51.2 Å². The van der Waals surface area contributed by atoms with Crippen molar-refractivity contribution in [2.24, 2.45) is 128 Å². The van der Waals surface area contributed by atoms with Crippen LogP contribution in [0, 0.1) is 161 Å². The van der Waals surface area contributed by atoms with Gasteiger partial charge < -0.3 is 115 Å². The first-order chi connectivity index (χ1) is 70.0. The molecule has 41 heteroatoms. The largest absolute Gasteiger partial charge is 0.468 e. The Kier molecular flexibility index (Phi) is 61.0. The fourth-order valence-corrected chi connectivity index (χ4v) is 22.4. The first-order valence-corrected chi connectivity index (χ1v) is 56.9. The normalized spacial score (nSPS) is 39.0. The Labute approximate surface area is 946 Å². The Morgan fingerprint density at radius 1 is 0.493 bits per heavy atom. The number of hydrogen-bond donors (Lipinski definition) is 6. The van der Waals surface area contributed by atoms with Gasteiger partial charge in [-0.05, 0) is 224 Å². The summed E-state index contributed by atoms with van der Waals surface area (Å²) in [6.45, 7) is 62.7. The van der Waals surface area contributed by atoms with Crippen LogP contribution in [0.1, 0.15) is 284 Å². The zero-order chi connectivity index (χ0) is 112. The van der Waals surface area contributed by atoms with Crippen LogP contribution in [0.15, 0.2) is 45.6 Å². The second-order valence-electron chi connectivity index (χ2n) is 45.2. The van der Waals surface area contributed by atoms with Crippen molar-refractivity contribution in [2.45, 2.75) is 446 Å². The van der Waals surface area contributed by atoms with E-state index >= 15 is 0 Å². The SMILES string of the molecule is CCC1O[C@H](OC(C)=N)C(N=[N+]=[N-])C(C)[C@@H]1C.CCC1O[C@H](OC2C(OC(=Nc3ccccc3)C(F)(F)F)OC([C@@H](C)CC)[C@@H](C)[C@@H]2C)C(N=[N+]=[N-])C(C)[C@@H]1C.CC[C@H](C)C1OC(OC(=N)C(Cl)(Cl)Cl)C(C)[C@@H](C)[C@@H]1C.CC[C@H](C)C1OC(S)C(O)[C@@H](C)[C@@H]1C.CC[C@H](C)C1O[C@H](O[C@H]2C([C@H]3COCO3)O[C@](C)(OCCCCCN(C)C)C[C@H]2C)C(C)[C@@H](O)[C@@H]1C.C[C@@H]1C[C@@](C)(OCCCCCN(C)C)OC([C@H]2COCO2)[C@@H]1O.[Ar]. The molecule has 10 fully saturated rings. The maximum absolute atomic E-state index is 14.2. The molecule has 872 valence electrons. The molecule has 0 saturated carbocycles. The topological polar surface area (TPSA) is 400 Å². The Balaban J connectivity index is 0.000000328. The molecule has 1 aromatic rings. The fourth-order valence-electron chi connectivity index (χ4n) is 21.8. The maximum Gasteiger partial charge on any atom is 0.468 e. The van der Waals surface area contributed by atoms with Gasteiger partial charge in [-0.25, -0.2) is 4.99 Å². The summed E-state index contributed by atoms with van der Waals surface area (Å²) < 4.78 is 154. The molecule has 0 radical (unpaired) electrons. The van der Waals surface area contributed by atoms with E-state index < -0.39 is 89.3 Å². The summed E-state index contributed by atoms with van der Waals surface area (Å²) in [6, 6.07) is 6.77. The number of nitrogens with zero attached hydrogens (tertiary/aromatic N) is 9. The number of thiol groups is 1. The summed E-state index contributed by atoms with van der Waals surface area (Å²) in [6.07, 6.45) is 0.673. The van der Waals surface area contributed by atoms with Crippen LogP contribution in [0.3, 0.4) is 0 Å². The van der Waals surface area contributed by atoms with Gasteiger partial charge >= 0.3 is 6.18 Å². The molecule has 0 aromatic heterocycles. The number of aliphatic hydroxyl groups is 3. The number of azide groups is 2. The molecule has 150 heavy (non-hydrogen) atoms. The van der Waals surface area contributed by atoms with Crippen molar-refractivity contribution in [2.75, 3.05) is 81.3 Å². The van der Waals surface area contributed by atoms with Crippen LogP contribution in [0.25, 0.3) is 20.9 Å². The molecule has 0 spiro atoms. The Morgan fingerprint density at radius 3 is 1.37 bits per heavy atom. The minimum absolute atomic E-state index is 0. The van der Waals surface area contributed by atoms with Crippen molar-refractivity contribution in [3.63, 3.8) is 0 Å². The molecular weight excluding hydrogens is 2050 g/mol. The van der Waals surface area contributed by atoms with Crippen LogP contribution >= 0.6 is 47.4 Å². The van der Waals surface area contributed by atoms with Gasteiger partial charge in [0.1, 0.15) is 55.6 Å². The number of halogens is 6. The van der Waals surface area contributed by atoms with E-state index in [1.807, 2.05) is 90.0 Å². The number of ether oxygens (including phenoxy) is 19. The van der Waals surface area contributed by atoms with Gasteiger partial charge in [0.2, 0.25) is 24.8 Å². The van der Waals surface area contributed by atoms with Crippen LogP contribution in [0.2, 0.25) is 0 Å². The van der Waals surface area contributed by atoms with E-state index in [2.05, 4.69) is 173 Å². The van der Waals surface area contributed by atoms with Crippen molar-refractivity contribution < 1.29 is 156 Å². The molecule has 33 nitrogen and oxygen atoms in total. The Hall–Kier alpha value is -2.32. The summed E-state index contributed by atoms with van der Waals surface area (Å²) in [5.74, 6) is 0.319. The van der Waals surface area contributed by atoms with Gasteiger partial charge in [0, 0.05) is 85.1 Å². The third-order valence-corrected chi connectivity index (χ3v) is 34.3. The van der Waals surface area contributed by atoms with E-state index in [0.29, 0.717) is 87.1 Å². The van der Waals surface area contributed by atoms with E-state index in [1.54, 1.807) is 25.1 Å². The predicted octanol–water partition coefficient (Wildman–Crippen LogP) is 23.9. The molecule has 0 bridgehead atoms. The van der Waals surface area contributed by atoms with Crippen LogP contribution in [0.5, 0.6) is 0 Å². The Bertz CT molecular complexity index is 4120. The standard InChI is InChI=1S/C28H41F3N4O4.C28H53NO7.C17H33NO5.C14H24Cl3NO2.C11H20N4O2.C11H22O2S.Ar/c1-8-15(3)23-18(6)19(7)24(38-25-22(34-35-32)17(5)16(4)21(9-2)36-25)26(37-23)39-27(28(29,30)31)33-20-13-11-10-12-14-20;1-9-18(2)24-20(4)23(30)21(5)27(34-24)35-25-19(3)15-28(6,33-14-12-10-11-13-29(7)8)36-26(25)22-16-31-17-32-22;1-13-10-17(2,22-9-7-5-6-8-18(3)4)23-16(15(13)19)14-11-20-12-21-14;1-6-7(2)11-9(4)8(3)10(5)12(19-11)20-13(18)14(15,16)17;1-5-9-6(2)7(3)10(14-15-13)11(17-9)16-8(4)12;1-5-6(2)10-8(4)7(3)9(12)11(14)13-10;/h10-19,21-26H,8-9H2,1-7H3;18-27,30H,9-17H2,1-8H3;13-16,19H,5-12H2,1-4H3;7-12,18H,6H2,1-5H3;6-7,9-12H,5H2,1-4H3;6-12,14H,5H2,1-4H3;/t15-,16-,17?,18-,19-,21?,22?,23?,24?,25+,26?;18-,19+,20-,21?,22+,23-,24?,25+,26?,27+,28-;13-,14-,15-,16?,17+;7-,8-,9-,10?,11?,12?;6-,7?,9?,10?,11-;6-,7-,8-,9?,10?,11?;/m001000./s1. The quantitative estimate of drug-likeness (QED) is 0.00531. The molecule has 10 heterocycles. The molecule has 10 saturated heterocycles. The van der Waals surface area contributed by atoms with Gasteiger partial charge in [0.05, 0.1) is 99.2 Å². The molecule has 0 aliphatic carbocycles. The minimum atomic E-state index is -4.87. The van der Waals surface area contributed by atoms with Gasteiger partial charge in [-0.15, -0.1) is 12.6 Å². The molecule has 1 aromatic carbocycles. The molecule has 10 aliphatic heterocycles. The molecule has 0 amide bonds. The van der Waals surface area contributed by atoms with Crippen molar-refractivity contribution in [3.8, 4) is 0 Å². The minimum Gasteiger partial charge on any atom is -0.452 e. The van der Waals surface area contributed by atoms with Gasteiger partial charge in [0.25, 0.3) is 9.69 Å². The van der Waals surface area contributed by atoms with Crippen LogP contribution in [0.4, 0.5) is 18.9 Å². The number of aliphatic imine (C=N–C) groups is 1. The van der Waals surface area contributed by atoms with Gasteiger partial charge in [-0.2, -0.15) is 13.2 Å². The zero-order valence-corrected chi connectivity index (χ0v) is 99.8. The number of benzene rings is 1. The Morgan fingerprint density at radius 2 is 0.920 bits per heavy atom. The molecular formula is C109H193ArCl3F3N11O22S. The van der Waals surface area contributed by atoms with Crippen LogP contribution in [-0.2, 0) is 90.0 Å². The van der Waals surface area contributed by atoms with Gasteiger partial charge in [-0.1, -0.05) is 262 Å². The van der Waals surface area contributed by atoms with E-state index in [0.717, 1.165) is 77.3 Å². The second kappa shape index (κ2) is 66.3. The summed E-state index contributed by atoms with van der Waals surface area (Å²) in [7, 11) is 8.39. The predicted molar refractivity (Wildman–Crippen MR) is 579 cm³/mol. The van der Waals surface area contributed by atoms with E-state index in [9.17, 15) is 34.0 Å². The van der Waals surface area contributed by atoms with Crippen LogP contribution in [-0.4, -0.2) is 286 Å². The second-order valence-corrected chi connectivity index (χ2v) is 48.0. The number of alkyl halides is 6. The fraction of sp³-hybridized carbons (Fsp3) is 0.917. The average Bonchev–Trinajstić information content (AvgIpc) is 1.27. The number of para-hydroxylation sites is 1. The third kappa shape index (κ3) is 40.7. The van der Waals surface area contributed by atoms with Gasteiger partial charge in [-0.3, -0.25) is 10.8 Å². The maximum atomic E-state index is 14.2. The van der Waals surface area contributed by atoms with Crippen LogP contribution < -0.4 is 0 Å². The summed E-state index contributed by atoms with van der Waals surface area (Å²) >= 11 is 21.3. The molecule has 5 N–H and O–H groups in total. The molecule has 10 aliphatic rings. The summed E-state index contributed by atoms with van der Waals surface area (Å²) in [5, 5.41) is 54.0. The van der Waals surface area contributed by atoms with Crippen molar-refractivity contribution >= 4 is 70.8 Å². The smallest absolute Gasteiger partial charge is 0.452 e. The third-order valence-electron chi connectivity index (χ3n) is 33.3. The first-order valence-electron chi connectivity index (χ1n) is 55.3. The van der Waals surface area contributed by atoms with E-state index in [1.165, 1.54) is 18.6 Å². The summed E-state index contributed by atoms with van der Waals surface area (Å²) in [5.41, 5.74) is 17.6. The molecule has 44 atom stereocenters. The molecule has 11 rings (SSSR count). The number of aliphatic hydroxyl groups excluding tert-OH is 3. The zero-order valence-electron chi connectivity index (χ0n) is 95.9. The number of rotatable bonds is 36. The number of unbranched alkanes of at least 4 members (excludes halogenated alkanes) is 4. The number of nitrogens with one attached hydrogen (secondary N) is 2. The number of hydrogen-bond acceptors (Lipinski definition) is 30. The van der Waals surface area contributed by atoms with Crippen molar-refractivity contribution in [1.82, 2.24) is 9.80 Å². The monoisotopic (exact) mass is 2240 g/mol. The van der Waals surface area contributed by atoms with E-state index in [-0.39, 0.29) is 218 Å². The average molecular weight is 2250 g/mol. The van der Waals surface area contributed by atoms with Crippen molar-refractivity contribution in [1.29, 1.82) is 10.8 Å². The van der Waals surface area contributed by atoms with Gasteiger partial charge in [0.15, 0.2) is 30.1 Å².